The van der Waals surface area contributed by atoms with E-state index in [1.54, 1.807) is 0 Å². The number of carbonyl (C=O) groups excluding carboxylic acids is 1. The van der Waals surface area contributed by atoms with Gasteiger partial charge in [-0.3, -0.25) is 14.3 Å². The third-order valence-electron chi connectivity index (χ3n) is 5.99. The van der Waals surface area contributed by atoms with E-state index in [2.05, 4.69) is 25.0 Å². The molecule has 0 saturated carbocycles. The highest BCUT2D eigenvalue weighted by Gasteiger charge is 2.20. The topological polar surface area (TPSA) is 72.3 Å². The third kappa shape index (κ3) is 6.13. The van der Waals surface area contributed by atoms with Gasteiger partial charge >= 0.3 is 0 Å². The minimum absolute atomic E-state index is 0.135. The maximum Gasteiger partial charge on any atom is 0.234 e. The second-order valence-electron chi connectivity index (χ2n) is 8.65. The number of piperidine rings is 1. The number of likely N-dealkylation sites (tertiary alicyclic amines) is 1. The van der Waals surface area contributed by atoms with Crippen LogP contribution in [0.5, 0.6) is 11.5 Å². The molecule has 0 aliphatic carbocycles. The normalized spacial score (nSPS) is 13.9. The molecule has 0 unspecified atom stereocenters. The van der Waals surface area contributed by atoms with E-state index in [9.17, 15) is 4.79 Å². The maximum absolute atomic E-state index is 12.9. The van der Waals surface area contributed by atoms with Gasteiger partial charge in [-0.05, 0) is 62.3 Å². The molecule has 1 N–H and O–H groups in total. The smallest absolute Gasteiger partial charge is 0.234 e. The summed E-state index contributed by atoms with van der Waals surface area (Å²) in [6.07, 6.45) is 3.73. The van der Waals surface area contributed by atoms with E-state index in [0.29, 0.717) is 22.3 Å². The number of rotatable bonds is 9. The molecule has 1 aliphatic heterocycles. The number of benzene rings is 3. The fourth-order valence-electron chi connectivity index (χ4n) is 4.24. The number of para-hydroxylation sites is 4. The predicted molar refractivity (Wildman–Crippen MR) is 143 cm³/mol. The van der Waals surface area contributed by atoms with Crippen molar-refractivity contribution in [2.24, 2.45) is 0 Å². The summed E-state index contributed by atoms with van der Waals surface area (Å²) >= 11 is 1.38. The Bertz CT molecular complexity index is 1270. The van der Waals surface area contributed by atoms with Crippen LogP contribution in [0.1, 0.15) is 25.1 Å². The number of hydrogen-bond acceptors (Lipinski definition) is 6. The fourth-order valence-corrected chi connectivity index (χ4v) is 5.01. The van der Waals surface area contributed by atoms with Crippen molar-refractivity contribution in [3.8, 4) is 17.2 Å². The van der Waals surface area contributed by atoms with E-state index < -0.39 is 0 Å². The predicted octanol–water partition coefficient (Wildman–Crippen LogP) is 5.78. The standard InChI is InChI=1S/C28H29N5O2S/c34-27(29-24-16-8-9-17-25(24)35-23-14-6-2-7-15-23)21-36-28-31-30-26(20-32-18-10-3-11-19-32)33(28)22-12-4-1-5-13-22/h1-2,4-9,12-17H,3,10-11,18-21H2,(H,29,34). The van der Waals surface area contributed by atoms with E-state index in [1.165, 1.54) is 31.0 Å². The second kappa shape index (κ2) is 11.9. The Kier molecular flexibility index (Phi) is 7.95. The Morgan fingerprint density at radius 2 is 1.56 bits per heavy atom. The van der Waals surface area contributed by atoms with Gasteiger partial charge in [-0.25, -0.2) is 0 Å². The molecule has 2 heterocycles. The van der Waals surface area contributed by atoms with Crippen molar-refractivity contribution in [1.82, 2.24) is 19.7 Å². The zero-order valence-electron chi connectivity index (χ0n) is 20.0. The van der Waals surface area contributed by atoms with Crippen molar-refractivity contribution in [3.05, 3.63) is 90.8 Å². The molecule has 1 aliphatic rings. The minimum atomic E-state index is -0.135. The summed E-state index contributed by atoms with van der Waals surface area (Å²) in [6.45, 7) is 2.91. The molecule has 1 amide bonds. The summed E-state index contributed by atoms with van der Waals surface area (Å²) in [4.78, 5) is 15.3. The quantitative estimate of drug-likeness (QED) is 0.295. The summed E-state index contributed by atoms with van der Waals surface area (Å²) in [5.74, 6) is 2.27. The van der Waals surface area contributed by atoms with Crippen molar-refractivity contribution in [2.75, 3.05) is 24.2 Å². The van der Waals surface area contributed by atoms with Crippen molar-refractivity contribution >= 4 is 23.4 Å². The van der Waals surface area contributed by atoms with Crippen LogP contribution in [-0.2, 0) is 11.3 Å². The average molecular weight is 500 g/mol. The molecule has 8 heteroatoms. The zero-order chi connectivity index (χ0) is 24.6. The molecule has 0 bridgehead atoms. The number of hydrogen-bond donors (Lipinski definition) is 1. The summed E-state index contributed by atoms with van der Waals surface area (Å²) in [6, 6.07) is 27.1. The summed E-state index contributed by atoms with van der Waals surface area (Å²) in [5.41, 5.74) is 1.63. The molecule has 1 fully saturated rings. The first-order valence-corrected chi connectivity index (χ1v) is 13.2. The number of nitrogens with one attached hydrogen (secondary N) is 1. The van der Waals surface area contributed by atoms with Crippen LogP contribution < -0.4 is 10.1 Å². The first-order chi connectivity index (χ1) is 17.8. The maximum atomic E-state index is 12.9. The summed E-state index contributed by atoms with van der Waals surface area (Å²) < 4.78 is 8.04. The van der Waals surface area contributed by atoms with E-state index in [-0.39, 0.29) is 11.7 Å². The van der Waals surface area contributed by atoms with Gasteiger partial charge in [-0.2, -0.15) is 0 Å². The highest BCUT2D eigenvalue weighted by molar-refractivity contribution is 7.99. The highest BCUT2D eigenvalue weighted by Crippen LogP contribution is 2.30. The van der Waals surface area contributed by atoms with Crippen LogP contribution in [0.3, 0.4) is 0 Å². The highest BCUT2D eigenvalue weighted by atomic mass is 32.2. The largest absolute Gasteiger partial charge is 0.455 e. The van der Waals surface area contributed by atoms with Crippen molar-refractivity contribution in [3.63, 3.8) is 0 Å². The van der Waals surface area contributed by atoms with E-state index in [4.69, 9.17) is 4.74 Å². The van der Waals surface area contributed by atoms with Gasteiger partial charge < -0.3 is 10.1 Å². The lowest BCUT2D eigenvalue weighted by Gasteiger charge is -2.26. The number of anilines is 1. The zero-order valence-corrected chi connectivity index (χ0v) is 20.9. The van der Waals surface area contributed by atoms with Crippen molar-refractivity contribution in [2.45, 2.75) is 31.0 Å². The first kappa shape index (κ1) is 24.1. The summed E-state index contributed by atoms with van der Waals surface area (Å²) in [5, 5.41) is 12.7. The Labute approximate surface area is 215 Å². The average Bonchev–Trinajstić information content (AvgIpc) is 3.32. The van der Waals surface area contributed by atoms with Crippen LogP contribution in [0.4, 0.5) is 5.69 Å². The van der Waals surface area contributed by atoms with E-state index in [0.717, 1.165) is 31.1 Å². The molecule has 184 valence electrons. The Hall–Kier alpha value is -3.62. The number of thioether (sulfide) groups is 1. The Morgan fingerprint density at radius 1 is 0.861 bits per heavy atom. The lowest BCUT2D eigenvalue weighted by Crippen LogP contribution is -2.30. The molecule has 3 aromatic carbocycles. The number of amides is 1. The SMILES string of the molecule is O=C(CSc1nnc(CN2CCCCC2)n1-c1ccccc1)Nc1ccccc1Oc1ccccc1. The fraction of sp³-hybridized carbons (Fsp3) is 0.250. The molecular formula is C28H29N5O2S. The van der Waals surface area contributed by atoms with Crippen molar-refractivity contribution in [1.29, 1.82) is 0 Å². The van der Waals surface area contributed by atoms with Gasteiger partial charge in [0.1, 0.15) is 5.75 Å². The molecule has 5 rings (SSSR count). The Morgan fingerprint density at radius 3 is 2.33 bits per heavy atom. The van der Waals surface area contributed by atoms with Crippen LogP contribution >= 0.6 is 11.8 Å². The van der Waals surface area contributed by atoms with Gasteiger partial charge in [0, 0.05) is 5.69 Å². The molecule has 1 saturated heterocycles. The van der Waals surface area contributed by atoms with Gasteiger partial charge in [0.15, 0.2) is 16.7 Å². The molecule has 0 radical (unpaired) electrons. The van der Waals surface area contributed by atoms with Gasteiger partial charge in [-0.1, -0.05) is 66.7 Å². The minimum Gasteiger partial charge on any atom is -0.455 e. The van der Waals surface area contributed by atoms with Crippen LogP contribution in [0, 0.1) is 0 Å². The van der Waals surface area contributed by atoms with Crippen LogP contribution in [0.2, 0.25) is 0 Å². The third-order valence-corrected chi connectivity index (χ3v) is 6.92. The van der Waals surface area contributed by atoms with E-state index in [1.807, 2.05) is 84.9 Å². The van der Waals surface area contributed by atoms with Crippen LogP contribution in [0.25, 0.3) is 5.69 Å². The van der Waals surface area contributed by atoms with Gasteiger partial charge in [-0.15, -0.1) is 10.2 Å². The molecule has 1 aromatic heterocycles. The monoisotopic (exact) mass is 499 g/mol. The molecule has 0 spiro atoms. The van der Waals surface area contributed by atoms with Gasteiger partial charge in [0.25, 0.3) is 0 Å². The molecular weight excluding hydrogens is 470 g/mol. The number of aromatic nitrogens is 3. The number of carbonyl (C=O) groups is 1. The number of nitrogens with zero attached hydrogens (tertiary/aromatic N) is 4. The molecule has 4 aromatic rings. The Balaban J connectivity index is 1.28. The lowest BCUT2D eigenvalue weighted by molar-refractivity contribution is -0.113. The van der Waals surface area contributed by atoms with Crippen molar-refractivity contribution < 1.29 is 9.53 Å². The second-order valence-corrected chi connectivity index (χ2v) is 9.60. The van der Waals surface area contributed by atoms with Crippen LogP contribution in [-0.4, -0.2) is 44.4 Å². The van der Waals surface area contributed by atoms with E-state index >= 15 is 0 Å². The first-order valence-electron chi connectivity index (χ1n) is 12.2. The van der Waals surface area contributed by atoms with Crippen LogP contribution in [0.15, 0.2) is 90.1 Å². The number of ether oxygens (including phenoxy) is 1. The summed E-state index contributed by atoms with van der Waals surface area (Å²) in [7, 11) is 0. The lowest BCUT2D eigenvalue weighted by atomic mass is 10.1. The van der Waals surface area contributed by atoms with Gasteiger partial charge in [0.05, 0.1) is 18.0 Å². The molecule has 7 nitrogen and oxygen atoms in total. The van der Waals surface area contributed by atoms with Gasteiger partial charge in [0.2, 0.25) is 5.91 Å². The molecule has 36 heavy (non-hydrogen) atoms. The molecule has 0 atom stereocenters.